The summed E-state index contributed by atoms with van der Waals surface area (Å²) in [4.78, 5) is 0. The van der Waals surface area contributed by atoms with Gasteiger partial charge in [0, 0.05) is 0 Å². The molecule has 0 amide bonds. The largest absolute Gasteiger partial charge is 0.493 e. The molecule has 1 aromatic rings. The lowest BCUT2D eigenvalue weighted by Gasteiger charge is -2.07. The van der Waals surface area contributed by atoms with E-state index < -0.39 is 0 Å². The third kappa shape index (κ3) is 1.70. The van der Waals surface area contributed by atoms with Gasteiger partial charge in [-0.25, -0.2) is 0 Å². The van der Waals surface area contributed by atoms with E-state index in [1.54, 1.807) is 14.2 Å². The van der Waals surface area contributed by atoms with Gasteiger partial charge in [0.15, 0.2) is 11.5 Å². The van der Waals surface area contributed by atoms with Crippen molar-refractivity contribution in [2.45, 2.75) is 6.42 Å². The summed E-state index contributed by atoms with van der Waals surface area (Å²) in [6, 6.07) is 5.64. The maximum absolute atomic E-state index is 5.47. The molecule has 0 saturated heterocycles. The molecule has 0 aliphatic heterocycles. The number of hydrogen-bond donors (Lipinski definition) is 0. The van der Waals surface area contributed by atoms with E-state index >= 15 is 0 Å². The van der Waals surface area contributed by atoms with Gasteiger partial charge >= 0.3 is 0 Å². The van der Waals surface area contributed by atoms with Gasteiger partial charge < -0.3 is 9.47 Å². The number of methoxy groups -OCH3 is 2. The summed E-state index contributed by atoms with van der Waals surface area (Å²) in [6.45, 7) is 5.47. The van der Waals surface area contributed by atoms with E-state index in [1.165, 1.54) is 0 Å². The van der Waals surface area contributed by atoms with Gasteiger partial charge in [0.25, 0.3) is 0 Å². The second-order valence-electron chi connectivity index (χ2n) is 2.39. The van der Waals surface area contributed by atoms with Crippen LogP contribution in [0.15, 0.2) is 18.2 Å². The molecule has 0 heterocycles. The zero-order valence-electron chi connectivity index (χ0n) is 7.33. The van der Waals surface area contributed by atoms with E-state index in [0.29, 0.717) is 6.42 Å². The molecule has 1 rings (SSSR count). The average molecular weight is 164 g/mol. The first-order chi connectivity index (χ1) is 5.81. The van der Waals surface area contributed by atoms with Crippen LogP contribution in [0.4, 0.5) is 0 Å². The molecular formula is C10H12O2. The predicted octanol–water partition coefficient (Wildman–Crippen LogP) is 1.96. The lowest BCUT2D eigenvalue weighted by molar-refractivity contribution is 0.354. The second kappa shape index (κ2) is 4.00. The van der Waals surface area contributed by atoms with Crippen molar-refractivity contribution < 1.29 is 9.47 Å². The molecule has 0 atom stereocenters. The fraction of sp³-hybridized carbons (Fsp3) is 0.300. The smallest absolute Gasteiger partial charge is 0.160 e. The van der Waals surface area contributed by atoms with Crippen molar-refractivity contribution >= 4 is 0 Å². The molecule has 1 aromatic carbocycles. The summed E-state index contributed by atoms with van der Waals surface area (Å²) in [7, 11) is 3.22. The first-order valence-electron chi connectivity index (χ1n) is 3.72. The van der Waals surface area contributed by atoms with Gasteiger partial charge in [0.05, 0.1) is 14.2 Å². The van der Waals surface area contributed by atoms with Gasteiger partial charge in [-0.3, -0.25) is 0 Å². The number of benzene rings is 1. The molecule has 0 bridgehead atoms. The van der Waals surface area contributed by atoms with Crippen LogP contribution in [0.25, 0.3) is 0 Å². The number of hydrogen-bond acceptors (Lipinski definition) is 2. The quantitative estimate of drug-likeness (QED) is 0.679. The highest BCUT2D eigenvalue weighted by Gasteiger charge is 2.02. The Morgan fingerprint density at radius 1 is 1.17 bits per heavy atom. The van der Waals surface area contributed by atoms with Crippen LogP contribution in [0.1, 0.15) is 5.56 Å². The highest BCUT2D eigenvalue weighted by atomic mass is 16.5. The van der Waals surface area contributed by atoms with Crippen LogP contribution in [0.3, 0.4) is 0 Å². The van der Waals surface area contributed by atoms with Crippen molar-refractivity contribution in [1.29, 1.82) is 0 Å². The van der Waals surface area contributed by atoms with Crippen LogP contribution in [-0.4, -0.2) is 14.2 Å². The summed E-state index contributed by atoms with van der Waals surface area (Å²) in [5.41, 5.74) is 1.03. The minimum atomic E-state index is 0.514. The third-order valence-electron chi connectivity index (χ3n) is 1.68. The Bertz CT molecular complexity index is 256. The van der Waals surface area contributed by atoms with Gasteiger partial charge in [-0.2, -0.15) is 0 Å². The molecule has 12 heavy (non-hydrogen) atoms. The van der Waals surface area contributed by atoms with Gasteiger partial charge in [-0.1, -0.05) is 6.07 Å². The van der Waals surface area contributed by atoms with Gasteiger partial charge in [0.1, 0.15) is 0 Å². The third-order valence-corrected chi connectivity index (χ3v) is 1.68. The van der Waals surface area contributed by atoms with E-state index in [2.05, 4.69) is 0 Å². The summed E-state index contributed by atoms with van der Waals surface area (Å²) < 4.78 is 10.2. The summed E-state index contributed by atoms with van der Waals surface area (Å²) in [6.07, 6.45) is 0.514. The first-order valence-corrected chi connectivity index (χ1v) is 3.72. The molecule has 0 saturated carbocycles. The monoisotopic (exact) mass is 164 g/mol. The Morgan fingerprint density at radius 3 is 2.33 bits per heavy atom. The van der Waals surface area contributed by atoms with Gasteiger partial charge in [0.2, 0.25) is 0 Å². The summed E-state index contributed by atoms with van der Waals surface area (Å²) in [5, 5.41) is 0. The van der Waals surface area contributed by atoms with Crippen molar-refractivity contribution in [3.8, 4) is 11.5 Å². The van der Waals surface area contributed by atoms with Crippen molar-refractivity contribution in [3.05, 3.63) is 30.7 Å². The fourth-order valence-electron chi connectivity index (χ4n) is 1.01. The molecular weight excluding hydrogens is 152 g/mol. The maximum atomic E-state index is 5.47. The van der Waals surface area contributed by atoms with E-state index in [0.717, 1.165) is 17.1 Å². The number of ether oxygens (including phenoxy) is 2. The molecule has 2 heteroatoms. The average Bonchev–Trinajstić information content (AvgIpc) is 2.16. The zero-order valence-corrected chi connectivity index (χ0v) is 7.33. The van der Waals surface area contributed by atoms with Crippen molar-refractivity contribution in [3.63, 3.8) is 0 Å². The predicted molar refractivity (Wildman–Crippen MR) is 47.6 cm³/mol. The minimum Gasteiger partial charge on any atom is -0.493 e. The fourth-order valence-corrected chi connectivity index (χ4v) is 1.01. The topological polar surface area (TPSA) is 18.5 Å². The molecule has 64 valence electrons. The van der Waals surface area contributed by atoms with Crippen molar-refractivity contribution in [2.24, 2.45) is 0 Å². The van der Waals surface area contributed by atoms with Crippen LogP contribution >= 0.6 is 0 Å². The number of rotatable bonds is 3. The molecule has 2 nitrogen and oxygen atoms in total. The molecule has 0 aromatic heterocycles. The Hall–Kier alpha value is -1.18. The van der Waals surface area contributed by atoms with Crippen LogP contribution < -0.4 is 9.47 Å². The summed E-state index contributed by atoms with van der Waals surface area (Å²) >= 11 is 0. The molecule has 2 radical (unpaired) electrons. The highest BCUT2D eigenvalue weighted by molar-refractivity contribution is 5.42. The van der Waals surface area contributed by atoms with Gasteiger partial charge in [-0.15, -0.1) is 0 Å². The van der Waals surface area contributed by atoms with E-state index in [9.17, 15) is 0 Å². The Labute approximate surface area is 73.1 Å². The van der Waals surface area contributed by atoms with Crippen LogP contribution in [0.5, 0.6) is 11.5 Å². The second-order valence-corrected chi connectivity index (χ2v) is 2.39. The molecule has 0 aliphatic rings. The standard InChI is InChI=1S/C10H12O2/c1-4-8-5-6-9(11-2)10(7-8)12-3/h1,5-7H,4H2,2-3H3. The Kier molecular flexibility index (Phi) is 2.97. The molecule has 0 fully saturated rings. The van der Waals surface area contributed by atoms with Crippen molar-refractivity contribution in [2.75, 3.05) is 14.2 Å². The SMILES string of the molecule is [CH]Cc1ccc(OC)c(OC)c1. The first kappa shape index (κ1) is 8.91. The van der Waals surface area contributed by atoms with Crippen molar-refractivity contribution in [1.82, 2.24) is 0 Å². The zero-order chi connectivity index (χ0) is 8.97. The lowest BCUT2D eigenvalue weighted by Crippen LogP contribution is -1.91. The summed E-state index contributed by atoms with van der Waals surface area (Å²) in [5.74, 6) is 1.45. The lowest BCUT2D eigenvalue weighted by atomic mass is 10.1. The Balaban J connectivity index is 3.02. The molecule has 0 aliphatic carbocycles. The molecule has 0 unspecified atom stereocenters. The molecule has 0 spiro atoms. The van der Waals surface area contributed by atoms with Crippen LogP contribution in [0, 0.1) is 6.92 Å². The van der Waals surface area contributed by atoms with Gasteiger partial charge in [-0.05, 0) is 31.0 Å². The maximum Gasteiger partial charge on any atom is 0.160 e. The van der Waals surface area contributed by atoms with E-state index in [4.69, 9.17) is 16.4 Å². The normalized spacial score (nSPS) is 9.58. The highest BCUT2D eigenvalue weighted by Crippen LogP contribution is 2.27. The van der Waals surface area contributed by atoms with E-state index in [-0.39, 0.29) is 0 Å². The van der Waals surface area contributed by atoms with E-state index in [1.807, 2.05) is 18.2 Å². The molecule has 0 N–H and O–H groups in total. The van der Waals surface area contributed by atoms with Crippen LogP contribution in [-0.2, 0) is 6.42 Å². The Morgan fingerprint density at radius 2 is 1.83 bits per heavy atom. The minimum absolute atomic E-state index is 0.514. The van der Waals surface area contributed by atoms with Crippen LogP contribution in [0.2, 0.25) is 0 Å².